The van der Waals surface area contributed by atoms with Crippen molar-refractivity contribution in [3.05, 3.63) is 78.4 Å². The highest BCUT2D eigenvalue weighted by Gasteiger charge is 2.21. The Kier molecular flexibility index (Phi) is 5.71. The van der Waals surface area contributed by atoms with Crippen LogP contribution in [0.15, 0.2) is 67.3 Å². The number of aromatic nitrogens is 4. The van der Waals surface area contributed by atoms with Crippen molar-refractivity contribution in [3.63, 3.8) is 0 Å². The summed E-state index contributed by atoms with van der Waals surface area (Å²) in [5, 5.41) is 4.37. The Morgan fingerprint density at radius 1 is 1.16 bits per heavy atom. The van der Waals surface area contributed by atoms with Crippen LogP contribution in [0.5, 0.6) is 0 Å². The second-order valence-electron chi connectivity index (χ2n) is 6.85. The Hall–Kier alpha value is -4.03. The maximum Gasteiger partial charge on any atom is 0.235 e. The van der Waals surface area contributed by atoms with Gasteiger partial charge in [0.15, 0.2) is 11.4 Å². The number of carbonyl (C=O) groups excluding carboxylic acids is 1. The van der Waals surface area contributed by atoms with Gasteiger partial charge < -0.3 is 0 Å². The van der Waals surface area contributed by atoms with E-state index in [1.165, 1.54) is 10.5 Å². The molecule has 0 aliphatic rings. The normalized spacial score (nSPS) is 11.2. The molecule has 0 saturated carbocycles. The van der Waals surface area contributed by atoms with Gasteiger partial charge in [0.2, 0.25) is 10.0 Å². The van der Waals surface area contributed by atoms with Crippen LogP contribution in [-0.2, 0) is 10.0 Å². The largest absolute Gasteiger partial charge is 0.288 e. The molecule has 0 unspecified atom stereocenters. The lowest BCUT2D eigenvalue weighted by Crippen LogP contribution is -2.32. The van der Waals surface area contributed by atoms with Crippen molar-refractivity contribution in [2.75, 3.05) is 16.6 Å². The number of fused-ring (bicyclic) bond motifs is 1. The Labute approximate surface area is 185 Å². The number of nitrogens with zero attached hydrogens (tertiary/aromatic N) is 5. The number of anilines is 1. The van der Waals surface area contributed by atoms with E-state index in [-0.39, 0.29) is 18.1 Å². The predicted octanol–water partition coefficient (Wildman–Crippen LogP) is 2.81. The van der Waals surface area contributed by atoms with Crippen LogP contribution >= 0.6 is 0 Å². The molecule has 0 bridgehead atoms. The molecule has 3 aromatic heterocycles. The van der Waals surface area contributed by atoms with Gasteiger partial charge >= 0.3 is 0 Å². The monoisotopic (exact) mass is 445 g/mol. The quantitative estimate of drug-likeness (QED) is 0.321. The SMILES string of the molecule is C#CCN(c1cccc(-c2ccnc3c(C(=O)c4ccncc4)cnn23)c1)S(=O)(=O)CC. The van der Waals surface area contributed by atoms with Gasteiger partial charge in [-0.1, -0.05) is 18.1 Å². The molecular weight excluding hydrogens is 426 g/mol. The molecule has 0 spiro atoms. The molecule has 0 amide bonds. The molecule has 3 heterocycles. The zero-order valence-corrected chi connectivity index (χ0v) is 18.0. The lowest BCUT2D eigenvalue weighted by atomic mass is 10.1. The van der Waals surface area contributed by atoms with Crippen LogP contribution in [-0.4, -0.2) is 46.1 Å². The molecular formula is C23H19N5O3S. The standard InChI is InChI=1S/C23H19N5O3S/c1-3-14-27(32(30,31)4-2)19-7-5-6-18(15-19)21-10-13-25-23-20(16-26-28(21)23)22(29)17-8-11-24-12-9-17/h1,5-13,15-16H,4,14H2,2H3. The summed E-state index contributed by atoms with van der Waals surface area (Å²) in [6.07, 6.45) is 11.6. The number of hydrogen-bond acceptors (Lipinski definition) is 6. The van der Waals surface area contributed by atoms with Crippen LogP contribution in [0.4, 0.5) is 5.69 Å². The molecule has 8 nitrogen and oxygen atoms in total. The Morgan fingerprint density at radius 2 is 1.94 bits per heavy atom. The summed E-state index contributed by atoms with van der Waals surface area (Å²) in [6, 6.07) is 12.0. The fourth-order valence-electron chi connectivity index (χ4n) is 3.34. The summed E-state index contributed by atoms with van der Waals surface area (Å²) < 4.78 is 27.8. The first-order valence-corrected chi connectivity index (χ1v) is 11.4. The van der Waals surface area contributed by atoms with Gasteiger partial charge in [0, 0.05) is 29.7 Å². The van der Waals surface area contributed by atoms with Crippen molar-refractivity contribution in [2.45, 2.75) is 6.92 Å². The van der Waals surface area contributed by atoms with Crippen molar-refractivity contribution in [2.24, 2.45) is 0 Å². The first kappa shape index (κ1) is 21.2. The third kappa shape index (κ3) is 3.84. The maximum absolute atomic E-state index is 12.9. The zero-order valence-electron chi connectivity index (χ0n) is 17.2. The van der Waals surface area contributed by atoms with E-state index in [4.69, 9.17) is 6.42 Å². The van der Waals surface area contributed by atoms with E-state index in [1.54, 1.807) is 66.4 Å². The van der Waals surface area contributed by atoms with Gasteiger partial charge in [-0.2, -0.15) is 5.10 Å². The number of carbonyl (C=O) groups is 1. The summed E-state index contributed by atoms with van der Waals surface area (Å²) in [5.41, 5.74) is 3.05. The average molecular weight is 446 g/mol. The highest BCUT2D eigenvalue weighted by molar-refractivity contribution is 7.92. The van der Waals surface area contributed by atoms with Crippen molar-refractivity contribution in [3.8, 4) is 23.6 Å². The third-order valence-electron chi connectivity index (χ3n) is 4.95. The molecule has 4 aromatic rings. The second-order valence-corrected chi connectivity index (χ2v) is 9.03. The van der Waals surface area contributed by atoms with Crippen molar-refractivity contribution in [1.29, 1.82) is 0 Å². The zero-order chi connectivity index (χ0) is 22.7. The van der Waals surface area contributed by atoms with E-state index in [2.05, 4.69) is 21.0 Å². The predicted molar refractivity (Wildman–Crippen MR) is 122 cm³/mol. The average Bonchev–Trinajstić information content (AvgIpc) is 3.27. The van der Waals surface area contributed by atoms with E-state index < -0.39 is 10.0 Å². The molecule has 0 atom stereocenters. The van der Waals surface area contributed by atoms with Gasteiger partial charge in [-0.25, -0.2) is 17.9 Å². The number of ketones is 1. The molecule has 0 N–H and O–H groups in total. The molecule has 0 aliphatic carbocycles. The fourth-order valence-corrected chi connectivity index (χ4v) is 4.36. The minimum Gasteiger partial charge on any atom is -0.288 e. The smallest absolute Gasteiger partial charge is 0.235 e. The van der Waals surface area contributed by atoms with Gasteiger partial charge in [0.25, 0.3) is 0 Å². The molecule has 32 heavy (non-hydrogen) atoms. The fraction of sp³-hybridized carbons (Fsp3) is 0.130. The van der Waals surface area contributed by atoms with E-state index in [0.29, 0.717) is 33.7 Å². The molecule has 4 rings (SSSR count). The number of hydrogen-bond donors (Lipinski definition) is 0. The van der Waals surface area contributed by atoms with Crippen LogP contribution in [0.1, 0.15) is 22.8 Å². The number of rotatable bonds is 7. The summed E-state index contributed by atoms with van der Waals surface area (Å²) >= 11 is 0. The molecule has 9 heteroatoms. The maximum atomic E-state index is 12.9. The lowest BCUT2D eigenvalue weighted by Gasteiger charge is -2.22. The second kappa shape index (κ2) is 8.61. The van der Waals surface area contributed by atoms with E-state index in [0.717, 1.165) is 0 Å². The summed E-state index contributed by atoms with van der Waals surface area (Å²) in [4.78, 5) is 21.2. The Bertz CT molecular complexity index is 1440. The first-order chi connectivity index (χ1) is 15.5. The Balaban J connectivity index is 1.80. The van der Waals surface area contributed by atoms with Crippen LogP contribution in [0.2, 0.25) is 0 Å². The molecule has 0 aliphatic heterocycles. The molecule has 0 fully saturated rings. The van der Waals surface area contributed by atoms with E-state index in [9.17, 15) is 13.2 Å². The van der Waals surface area contributed by atoms with Gasteiger partial charge in [0.05, 0.1) is 35.4 Å². The van der Waals surface area contributed by atoms with Crippen molar-refractivity contribution < 1.29 is 13.2 Å². The van der Waals surface area contributed by atoms with E-state index >= 15 is 0 Å². The molecule has 1 aromatic carbocycles. The highest BCUT2D eigenvalue weighted by Crippen LogP contribution is 2.27. The van der Waals surface area contributed by atoms with Gasteiger partial charge in [-0.05, 0) is 37.3 Å². The van der Waals surface area contributed by atoms with Crippen LogP contribution in [0.25, 0.3) is 16.9 Å². The summed E-state index contributed by atoms with van der Waals surface area (Å²) in [5.74, 6) is 2.12. The summed E-state index contributed by atoms with van der Waals surface area (Å²) in [7, 11) is -3.55. The lowest BCUT2D eigenvalue weighted by molar-refractivity contribution is 0.104. The van der Waals surface area contributed by atoms with Gasteiger partial charge in [0.1, 0.15) is 0 Å². The molecule has 0 radical (unpaired) electrons. The van der Waals surface area contributed by atoms with Gasteiger partial charge in [-0.3, -0.25) is 14.1 Å². The number of benzene rings is 1. The number of sulfonamides is 1. The third-order valence-corrected chi connectivity index (χ3v) is 6.69. The van der Waals surface area contributed by atoms with Crippen LogP contribution in [0.3, 0.4) is 0 Å². The van der Waals surface area contributed by atoms with Crippen molar-refractivity contribution >= 4 is 27.1 Å². The minimum absolute atomic E-state index is 0.0714. The highest BCUT2D eigenvalue weighted by atomic mass is 32.2. The number of terminal acetylenes is 1. The van der Waals surface area contributed by atoms with E-state index in [1.807, 2.05) is 6.07 Å². The Morgan fingerprint density at radius 3 is 2.66 bits per heavy atom. The van der Waals surface area contributed by atoms with Crippen LogP contribution in [0, 0.1) is 12.3 Å². The summed E-state index contributed by atoms with van der Waals surface area (Å²) in [6.45, 7) is 1.50. The molecule has 0 saturated heterocycles. The first-order valence-electron chi connectivity index (χ1n) is 9.78. The topological polar surface area (TPSA) is 97.5 Å². The van der Waals surface area contributed by atoms with Crippen LogP contribution < -0.4 is 4.31 Å². The number of pyridine rings is 1. The van der Waals surface area contributed by atoms with Gasteiger partial charge in [-0.15, -0.1) is 6.42 Å². The molecule has 160 valence electrons. The van der Waals surface area contributed by atoms with Crippen molar-refractivity contribution in [1.82, 2.24) is 19.6 Å². The minimum atomic E-state index is -3.55.